The summed E-state index contributed by atoms with van der Waals surface area (Å²) in [4.78, 5) is 21.7. The van der Waals surface area contributed by atoms with E-state index in [9.17, 15) is 9.18 Å². The van der Waals surface area contributed by atoms with Crippen molar-refractivity contribution in [1.82, 2.24) is 19.9 Å². The van der Waals surface area contributed by atoms with Crippen molar-refractivity contribution in [2.24, 2.45) is 7.05 Å². The number of aryl methyl sites for hydroxylation is 2. The lowest BCUT2D eigenvalue weighted by Gasteiger charge is -2.19. The zero-order chi connectivity index (χ0) is 20.4. The summed E-state index contributed by atoms with van der Waals surface area (Å²) in [7, 11) is 1.81. The number of carbonyl (C=O) groups excluding carboxylic acids is 1. The fourth-order valence-electron chi connectivity index (χ4n) is 3.06. The first-order chi connectivity index (χ1) is 14.0. The number of halogens is 1. The van der Waals surface area contributed by atoms with Crippen LogP contribution in [0.1, 0.15) is 33.5 Å². The maximum Gasteiger partial charge on any atom is 0.271 e. The summed E-state index contributed by atoms with van der Waals surface area (Å²) in [5.41, 5.74) is 2.76. The van der Waals surface area contributed by atoms with Gasteiger partial charge in [-0.25, -0.2) is 14.4 Å². The average Bonchev–Trinajstić information content (AvgIpc) is 3.37. The fraction of sp³-hybridized carbons (Fsp3) is 0.136. The highest BCUT2D eigenvalue weighted by atomic mass is 32.1. The monoisotopic (exact) mass is 406 g/mol. The molecule has 1 N–H and O–H groups in total. The van der Waals surface area contributed by atoms with E-state index in [4.69, 9.17) is 0 Å². The number of hydrogen-bond acceptors (Lipinski definition) is 4. The topological polar surface area (TPSA) is 59.8 Å². The maximum absolute atomic E-state index is 14.5. The van der Waals surface area contributed by atoms with E-state index in [-0.39, 0.29) is 5.91 Å². The van der Waals surface area contributed by atoms with E-state index in [1.54, 1.807) is 47.6 Å². The Balaban J connectivity index is 1.63. The molecule has 0 fully saturated rings. The normalized spacial score (nSPS) is 12.0. The predicted molar refractivity (Wildman–Crippen MR) is 111 cm³/mol. The molecule has 0 spiro atoms. The number of rotatable bonds is 5. The Morgan fingerprint density at radius 3 is 2.62 bits per heavy atom. The molecule has 0 radical (unpaired) electrons. The van der Waals surface area contributed by atoms with Crippen molar-refractivity contribution in [3.05, 3.63) is 94.8 Å². The van der Waals surface area contributed by atoms with Crippen molar-refractivity contribution in [1.29, 1.82) is 0 Å². The van der Waals surface area contributed by atoms with E-state index >= 15 is 0 Å². The van der Waals surface area contributed by atoms with Crippen LogP contribution in [-0.2, 0) is 7.05 Å². The second-order valence-electron chi connectivity index (χ2n) is 6.73. The van der Waals surface area contributed by atoms with Gasteiger partial charge in [0.1, 0.15) is 28.4 Å². The second kappa shape index (κ2) is 7.97. The van der Waals surface area contributed by atoms with Gasteiger partial charge in [0.25, 0.3) is 5.91 Å². The molecule has 0 saturated heterocycles. The number of imidazole rings is 1. The molecule has 0 aliphatic heterocycles. The Morgan fingerprint density at radius 1 is 1.17 bits per heavy atom. The number of hydrogen-bond donors (Lipinski definition) is 1. The number of benzene rings is 2. The van der Waals surface area contributed by atoms with Crippen LogP contribution in [0.25, 0.3) is 10.6 Å². The van der Waals surface area contributed by atoms with Gasteiger partial charge in [0.05, 0.1) is 0 Å². The van der Waals surface area contributed by atoms with Crippen LogP contribution in [0.2, 0.25) is 0 Å². The van der Waals surface area contributed by atoms with Gasteiger partial charge >= 0.3 is 0 Å². The molecule has 29 heavy (non-hydrogen) atoms. The van der Waals surface area contributed by atoms with Gasteiger partial charge in [-0.3, -0.25) is 4.79 Å². The first kappa shape index (κ1) is 19.0. The van der Waals surface area contributed by atoms with Crippen LogP contribution in [0.4, 0.5) is 4.39 Å². The average molecular weight is 406 g/mol. The Labute approximate surface area is 171 Å². The molecule has 0 bridgehead atoms. The summed E-state index contributed by atoms with van der Waals surface area (Å²) in [6, 6.07) is 13.6. The van der Waals surface area contributed by atoms with E-state index < -0.39 is 11.9 Å². The van der Waals surface area contributed by atoms with E-state index in [2.05, 4.69) is 15.3 Å². The molecule has 0 aliphatic rings. The highest BCUT2D eigenvalue weighted by molar-refractivity contribution is 7.13. The molecular formula is C22H19FN4OS. The summed E-state index contributed by atoms with van der Waals surface area (Å²) in [5, 5.41) is 5.36. The van der Waals surface area contributed by atoms with Crippen molar-refractivity contribution in [2.75, 3.05) is 0 Å². The van der Waals surface area contributed by atoms with Crippen LogP contribution < -0.4 is 5.32 Å². The SMILES string of the molecule is Cc1ccc(-c2nc(C(=O)N[C@@H](c3ccccc3F)c3nccn3C)cs2)cc1. The number of thiazole rings is 1. The van der Waals surface area contributed by atoms with Crippen molar-refractivity contribution in [3.8, 4) is 10.6 Å². The highest BCUT2D eigenvalue weighted by Gasteiger charge is 2.25. The van der Waals surface area contributed by atoms with Crippen LogP contribution in [0.5, 0.6) is 0 Å². The summed E-state index contributed by atoms with van der Waals surface area (Å²) in [6.45, 7) is 2.02. The molecule has 1 amide bonds. The minimum absolute atomic E-state index is 0.293. The third kappa shape index (κ3) is 3.95. The molecule has 0 unspecified atom stereocenters. The first-order valence-electron chi connectivity index (χ1n) is 9.08. The Kier molecular flexibility index (Phi) is 5.22. The van der Waals surface area contributed by atoms with Crippen molar-refractivity contribution in [3.63, 3.8) is 0 Å². The van der Waals surface area contributed by atoms with Crippen LogP contribution in [0, 0.1) is 12.7 Å². The first-order valence-corrected chi connectivity index (χ1v) is 9.96. The summed E-state index contributed by atoms with van der Waals surface area (Å²) in [6.07, 6.45) is 3.38. The molecule has 1 atom stereocenters. The van der Waals surface area contributed by atoms with Gasteiger partial charge in [-0.05, 0) is 13.0 Å². The van der Waals surface area contributed by atoms with Gasteiger partial charge in [0.15, 0.2) is 0 Å². The molecule has 2 heterocycles. The van der Waals surface area contributed by atoms with E-state index in [0.29, 0.717) is 17.1 Å². The summed E-state index contributed by atoms with van der Waals surface area (Å²) in [5.74, 6) is -0.243. The molecular weight excluding hydrogens is 387 g/mol. The lowest BCUT2D eigenvalue weighted by molar-refractivity contribution is 0.0936. The number of amides is 1. The van der Waals surface area contributed by atoms with Crippen LogP contribution in [-0.4, -0.2) is 20.4 Å². The van der Waals surface area contributed by atoms with Crippen molar-refractivity contribution >= 4 is 17.2 Å². The third-order valence-corrected chi connectivity index (χ3v) is 5.54. The quantitative estimate of drug-likeness (QED) is 0.530. The lowest BCUT2D eigenvalue weighted by atomic mass is 10.1. The van der Waals surface area contributed by atoms with Gasteiger partial charge in [-0.1, -0.05) is 48.0 Å². The van der Waals surface area contributed by atoms with E-state index in [1.165, 1.54) is 17.4 Å². The smallest absolute Gasteiger partial charge is 0.271 e. The van der Waals surface area contributed by atoms with Gasteiger partial charge < -0.3 is 9.88 Å². The minimum atomic E-state index is -0.728. The van der Waals surface area contributed by atoms with Crippen LogP contribution >= 0.6 is 11.3 Å². The summed E-state index contributed by atoms with van der Waals surface area (Å²) < 4.78 is 16.2. The Hall–Kier alpha value is -3.32. The minimum Gasteiger partial charge on any atom is -0.337 e. The van der Waals surface area contributed by atoms with Gasteiger partial charge in [-0.15, -0.1) is 11.3 Å². The molecule has 146 valence electrons. The molecule has 4 rings (SSSR count). The van der Waals surface area contributed by atoms with Gasteiger partial charge in [0.2, 0.25) is 0 Å². The number of aromatic nitrogens is 3. The molecule has 5 nitrogen and oxygen atoms in total. The predicted octanol–water partition coefficient (Wildman–Crippen LogP) is 4.51. The third-order valence-electron chi connectivity index (χ3n) is 4.64. The molecule has 2 aromatic heterocycles. The molecule has 7 heteroatoms. The fourth-order valence-corrected chi connectivity index (χ4v) is 3.86. The highest BCUT2D eigenvalue weighted by Crippen LogP contribution is 2.26. The summed E-state index contributed by atoms with van der Waals surface area (Å²) >= 11 is 1.40. The maximum atomic E-state index is 14.5. The van der Waals surface area contributed by atoms with Crippen molar-refractivity contribution in [2.45, 2.75) is 13.0 Å². The Bertz CT molecular complexity index is 1150. The molecule has 0 aliphatic carbocycles. The number of nitrogens with zero attached hydrogens (tertiary/aromatic N) is 3. The second-order valence-corrected chi connectivity index (χ2v) is 7.59. The van der Waals surface area contributed by atoms with Gasteiger partial charge in [0, 0.05) is 35.9 Å². The Morgan fingerprint density at radius 2 is 1.93 bits per heavy atom. The van der Waals surface area contributed by atoms with Crippen LogP contribution in [0.15, 0.2) is 66.3 Å². The van der Waals surface area contributed by atoms with Crippen LogP contribution in [0.3, 0.4) is 0 Å². The van der Waals surface area contributed by atoms with Crippen molar-refractivity contribution < 1.29 is 9.18 Å². The number of nitrogens with one attached hydrogen (secondary N) is 1. The van der Waals surface area contributed by atoms with E-state index in [1.807, 2.05) is 31.2 Å². The largest absolute Gasteiger partial charge is 0.337 e. The molecule has 2 aromatic carbocycles. The standard InChI is InChI=1S/C22H19FN4OS/c1-14-7-9-15(10-8-14)22-25-18(13-29-22)21(28)26-19(20-24-11-12-27(20)2)16-5-3-4-6-17(16)23/h3-13,19H,1-2H3,(H,26,28)/t19-/m0/s1. The zero-order valence-corrected chi connectivity index (χ0v) is 16.8. The number of carbonyl (C=O) groups is 1. The van der Waals surface area contributed by atoms with E-state index in [0.717, 1.165) is 16.1 Å². The lowest BCUT2D eigenvalue weighted by Crippen LogP contribution is -2.31. The molecule has 0 saturated carbocycles. The zero-order valence-electron chi connectivity index (χ0n) is 16.0. The van der Waals surface area contributed by atoms with Gasteiger partial charge in [-0.2, -0.15) is 0 Å². The molecule has 4 aromatic rings.